The molecule has 0 fully saturated rings. The second kappa shape index (κ2) is 2.17. The first kappa shape index (κ1) is 6.55. The Morgan fingerprint density at radius 1 is 1.36 bits per heavy atom. The second-order valence-corrected chi connectivity index (χ2v) is 2.73. The average molecular weight is 166 g/mol. The van der Waals surface area contributed by atoms with Crippen molar-refractivity contribution in [1.82, 2.24) is 0 Å². The van der Waals surface area contributed by atoms with Crippen molar-refractivity contribution < 1.29 is 4.79 Å². The largest absolute Gasteiger partial charge is 0.270 e. The summed E-state index contributed by atoms with van der Waals surface area (Å²) in [6.45, 7) is 0. The zero-order valence-electron chi connectivity index (χ0n) is 5.54. The first-order valence-electron chi connectivity index (χ1n) is 3.16. The number of halogens is 1. The van der Waals surface area contributed by atoms with Crippen molar-refractivity contribution >= 4 is 23.6 Å². The van der Waals surface area contributed by atoms with Crippen LogP contribution in [0.3, 0.4) is 0 Å². The fourth-order valence-electron chi connectivity index (χ4n) is 1.03. The maximum absolute atomic E-state index is 10.7. The van der Waals surface area contributed by atoms with Crippen molar-refractivity contribution in [2.45, 2.75) is 0 Å². The van der Waals surface area contributed by atoms with Crippen LogP contribution in [0.1, 0.15) is 0 Å². The van der Waals surface area contributed by atoms with Gasteiger partial charge in [-0.1, -0.05) is 11.6 Å². The minimum Gasteiger partial charge on any atom is -0.267 e. The molecule has 0 saturated carbocycles. The van der Waals surface area contributed by atoms with Gasteiger partial charge in [0.25, 0.3) is 5.91 Å². The Hall–Kier alpha value is -1.15. The number of carbonyl (C=O) groups excluding carboxylic acids is 1. The van der Waals surface area contributed by atoms with E-state index in [1.54, 1.807) is 18.2 Å². The molecule has 0 radical (unpaired) electrons. The van der Waals surface area contributed by atoms with Crippen molar-refractivity contribution in [3.63, 3.8) is 0 Å². The third kappa shape index (κ3) is 1.05. The summed E-state index contributed by atoms with van der Waals surface area (Å²) in [6, 6.07) is 5.18. The molecule has 0 N–H and O–H groups in total. The van der Waals surface area contributed by atoms with Crippen LogP contribution in [0.15, 0.2) is 23.2 Å². The highest BCUT2D eigenvalue weighted by molar-refractivity contribution is 6.30. The van der Waals surface area contributed by atoms with Gasteiger partial charge in [-0.2, -0.15) is 0 Å². The molecule has 1 aliphatic heterocycles. The lowest BCUT2D eigenvalue weighted by Gasteiger charge is -1.84. The molecule has 1 heterocycles. The van der Waals surface area contributed by atoms with E-state index in [-0.39, 0.29) is 5.91 Å². The Balaban J connectivity index is 2.89. The minimum atomic E-state index is -0.206. The molecule has 3 heteroatoms. The number of fused-ring (bicyclic) bond motifs is 1. The van der Waals surface area contributed by atoms with E-state index in [1.807, 2.05) is 0 Å². The van der Waals surface area contributed by atoms with E-state index < -0.39 is 0 Å². The fraction of sp³-hybridized carbons (Fsp3) is 0. The average Bonchev–Trinajstić information content (AvgIpc) is 2.27. The quantitative estimate of drug-likeness (QED) is 0.543. The van der Waals surface area contributed by atoms with E-state index in [4.69, 9.17) is 11.6 Å². The summed E-state index contributed by atoms with van der Waals surface area (Å²) < 4.78 is 0. The van der Waals surface area contributed by atoms with Crippen LogP contribution in [0.5, 0.6) is 0 Å². The first-order valence-corrected chi connectivity index (χ1v) is 3.53. The number of hydrogen-bond donors (Lipinski definition) is 0. The number of hydrogen-bond acceptors (Lipinski definition) is 1. The van der Waals surface area contributed by atoms with Gasteiger partial charge in [-0.3, -0.25) is 4.79 Å². The Morgan fingerprint density at radius 2 is 2.18 bits per heavy atom. The van der Waals surface area contributed by atoms with Gasteiger partial charge in [-0.25, -0.2) is 4.99 Å². The topological polar surface area (TPSA) is 29.4 Å². The summed E-state index contributed by atoms with van der Waals surface area (Å²) in [5, 5.41) is 2.15. The predicted octanol–water partition coefficient (Wildman–Crippen LogP) is 0.280. The van der Waals surface area contributed by atoms with Crippen molar-refractivity contribution in [2.75, 3.05) is 0 Å². The van der Waals surface area contributed by atoms with Crippen LogP contribution in [0.2, 0.25) is 5.02 Å². The predicted molar refractivity (Wildman–Crippen MR) is 41.7 cm³/mol. The summed E-state index contributed by atoms with van der Waals surface area (Å²) in [7, 11) is 0. The van der Waals surface area contributed by atoms with Crippen molar-refractivity contribution in [3.05, 3.63) is 33.8 Å². The molecule has 1 amide bonds. The van der Waals surface area contributed by atoms with Crippen LogP contribution in [-0.4, -0.2) is 5.91 Å². The van der Waals surface area contributed by atoms with E-state index in [2.05, 4.69) is 4.99 Å². The van der Waals surface area contributed by atoms with Gasteiger partial charge in [0.2, 0.25) is 0 Å². The highest BCUT2D eigenvalue weighted by Gasteiger charge is 2.01. The van der Waals surface area contributed by atoms with Crippen LogP contribution in [0.25, 0.3) is 6.08 Å². The van der Waals surface area contributed by atoms with Crippen molar-refractivity contribution in [1.29, 1.82) is 0 Å². The van der Waals surface area contributed by atoms with Crippen molar-refractivity contribution in [2.24, 2.45) is 4.99 Å². The van der Waals surface area contributed by atoms with Gasteiger partial charge in [-0.05, 0) is 18.2 Å². The minimum absolute atomic E-state index is 0.206. The summed E-state index contributed by atoms with van der Waals surface area (Å²) in [5.74, 6) is -0.206. The SMILES string of the molecule is O=C1C=c2cc(Cl)ccc2=N1. The summed E-state index contributed by atoms with van der Waals surface area (Å²) >= 11 is 5.70. The zero-order chi connectivity index (χ0) is 7.84. The van der Waals surface area contributed by atoms with Gasteiger partial charge in [0.1, 0.15) is 0 Å². The molecule has 1 aromatic rings. The lowest BCUT2D eigenvalue weighted by molar-refractivity contribution is -0.112. The third-order valence-electron chi connectivity index (χ3n) is 1.50. The first-order chi connectivity index (χ1) is 5.25. The van der Waals surface area contributed by atoms with Crippen molar-refractivity contribution in [3.8, 4) is 0 Å². The smallest absolute Gasteiger partial charge is 0.267 e. The third-order valence-corrected chi connectivity index (χ3v) is 1.73. The molecule has 54 valence electrons. The van der Waals surface area contributed by atoms with E-state index in [9.17, 15) is 4.79 Å². The lowest BCUT2D eigenvalue weighted by Crippen LogP contribution is -2.20. The molecule has 0 aromatic heterocycles. The van der Waals surface area contributed by atoms with Crippen LogP contribution in [0, 0.1) is 0 Å². The molecule has 0 aliphatic carbocycles. The molecule has 2 rings (SSSR count). The Labute approximate surface area is 67.8 Å². The molecule has 11 heavy (non-hydrogen) atoms. The highest BCUT2D eigenvalue weighted by atomic mass is 35.5. The van der Waals surface area contributed by atoms with Gasteiger partial charge < -0.3 is 0 Å². The van der Waals surface area contributed by atoms with Gasteiger partial charge >= 0.3 is 0 Å². The molecule has 0 atom stereocenters. The molecule has 0 spiro atoms. The molecule has 1 aliphatic rings. The number of carbonyl (C=O) groups is 1. The van der Waals surface area contributed by atoms with Crippen LogP contribution < -0.4 is 10.6 Å². The maximum atomic E-state index is 10.7. The molecule has 2 nitrogen and oxygen atoms in total. The van der Waals surface area contributed by atoms with E-state index >= 15 is 0 Å². The van der Waals surface area contributed by atoms with Gasteiger partial charge in [0.05, 0.1) is 5.36 Å². The Bertz CT molecular complexity index is 436. The highest BCUT2D eigenvalue weighted by Crippen LogP contribution is 2.00. The molecule has 0 saturated heterocycles. The molecule has 0 bridgehead atoms. The Morgan fingerprint density at radius 3 is 3.00 bits per heavy atom. The number of amides is 1. The number of benzene rings is 1. The molecular formula is C8H4ClNO. The summed E-state index contributed by atoms with van der Waals surface area (Å²) in [5.41, 5.74) is 0. The number of nitrogens with zero attached hydrogens (tertiary/aromatic N) is 1. The molecule has 1 aromatic carbocycles. The summed E-state index contributed by atoms with van der Waals surface area (Å²) in [4.78, 5) is 14.5. The standard InChI is InChI=1S/C8H4ClNO/c9-6-1-2-7-5(3-6)4-8(11)10-7/h1-4H. The fourth-order valence-corrected chi connectivity index (χ4v) is 1.21. The maximum Gasteiger partial charge on any atom is 0.270 e. The molecular weight excluding hydrogens is 162 g/mol. The Kier molecular flexibility index (Phi) is 1.29. The van der Waals surface area contributed by atoms with Gasteiger partial charge in [0, 0.05) is 16.3 Å². The monoisotopic (exact) mass is 165 g/mol. The zero-order valence-corrected chi connectivity index (χ0v) is 6.30. The van der Waals surface area contributed by atoms with E-state index in [1.165, 1.54) is 6.08 Å². The van der Waals surface area contributed by atoms with Crippen LogP contribution >= 0.6 is 11.6 Å². The van der Waals surface area contributed by atoms with E-state index in [0.717, 1.165) is 5.22 Å². The summed E-state index contributed by atoms with van der Waals surface area (Å²) in [6.07, 6.45) is 1.47. The van der Waals surface area contributed by atoms with E-state index in [0.29, 0.717) is 10.4 Å². The normalized spacial score (nSPS) is 13.7. The van der Waals surface area contributed by atoms with Gasteiger partial charge in [-0.15, -0.1) is 0 Å². The molecule has 0 unspecified atom stereocenters. The van der Waals surface area contributed by atoms with Gasteiger partial charge in [0.15, 0.2) is 0 Å². The number of rotatable bonds is 0. The van der Waals surface area contributed by atoms with Crippen LogP contribution in [-0.2, 0) is 4.79 Å². The van der Waals surface area contributed by atoms with Crippen LogP contribution in [0.4, 0.5) is 0 Å². The lowest BCUT2D eigenvalue weighted by atomic mass is 10.3. The second-order valence-electron chi connectivity index (χ2n) is 2.30.